The Hall–Kier alpha value is -0.0800. The van der Waals surface area contributed by atoms with Gasteiger partial charge in [0.25, 0.3) is 0 Å². The molecule has 2 saturated heterocycles. The molecule has 0 bridgehead atoms. The van der Waals surface area contributed by atoms with E-state index < -0.39 is 0 Å². The van der Waals surface area contributed by atoms with Crippen LogP contribution in [0.15, 0.2) is 0 Å². The second-order valence-corrected chi connectivity index (χ2v) is 3.50. The summed E-state index contributed by atoms with van der Waals surface area (Å²) < 4.78 is 5.37. The highest BCUT2D eigenvalue weighted by molar-refractivity contribution is 4.94. The van der Waals surface area contributed by atoms with E-state index in [-0.39, 0.29) is 0 Å². The standard InChI is InChI=1S/C7H13NO/c1-7-4-8-2-6(7)3-9-5-7/h6,8H,2-5H2,1H3/t6-,7+/m0/s1. The molecule has 0 aromatic rings. The fourth-order valence-electron chi connectivity index (χ4n) is 1.79. The van der Waals surface area contributed by atoms with E-state index in [2.05, 4.69) is 12.2 Å². The predicted octanol–water partition coefficient (Wildman–Crippen LogP) is 0.242. The quantitative estimate of drug-likeness (QED) is 0.503. The Bertz CT molecular complexity index is 114. The molecule has 0 unspecified atom stereocenters. The van der Waals surface area contributed by atoms with E-state index in [1.54, 1.807) is 0 Å². The first-order chi connectivity index (χ1) is 4.31. The Labute approximate surface area is 55.6 Å². The van der Waals surface area contributed by atoms with Crippen LogP contribution in [0.2, 0.25) is 0 Å². The maximum Gasteiger partial charge on any atom is 0.0536 e. The molecule has 0 aromatic heterocycles. The summed E-state index contributed by atoms with van der Waals surface area (Å²) in [6.07, 6.45) is 0. The van der Waals surface area contributed by atoms with Gasteiger partial charge in [0, 0.05) is 24.4 Å². The highest BCUT2D eigenvalue weighted by Crippen LogP contribution is 2.36. The monoisotopic (exact) mass is 127 g/mol. The average molecular weight is 127 g/mol. The van der Waals surface area contributed by atoms with Crippen LogP contribution in [0, 0.1) is 11.3 Å². The largest absolute Gasteiger partial charge is 0.380 e. The fourth-order valence-corrected chi connectivity index (χ4v) is 1.79. The van der Waals surface area contributed by atoms with Gasteiger partial charge >= 0.3 is 0 Å². The SMILES string of the molecule is C[C@]12CNC[C@H]1COC2. The van der Waals surface area contributed by atoms with Crippen LogP contribution in [0.3, 0.4) is 0 Å². The summed E-state index contributed by atoms with van der Waals surface area (Å²) in [5, 5.41) is 3.38. The molecule has 2 nitrogen and oxygen atoms in total. The van der Waals surface area contributed by atoms with Crippen LogP contribution in [-0.2, 0) is 4.74 Å². The number of fused-ring (bicyclic) bond motifs is 1. The van der Waals surface area contributed by atoms with Gasteiger partial charge in [-0.15, -0.1) is 0 Å². The van der Waals surface area contributed by atoms with Gasteiger partial charge in [0.1, 0.15) is 0 Å². The first kappa shape index (κ1) is 5.69. The third kappa shape index (κ3) is 0.700. The molecule has 2 heteroatoms. The lowest BCUT2D eigenvalue weighted by Crippen LogP contribution is -2.24. The molecular weight excluding hydrogens is 114 g/mol. The normalized spacial score (nSPS) is 49.7. The van der Waals surface area contributed by atoms with E-state index in [4.69, 9.17) is 4.74 Å². The van der Waals surface area contributed by atoms with Gasteiger partial charge in [-0.3, -0.25) is 0 Å². The minimum Gasteiger partial charge on any atom is -0.380 e. The van der Waals surface area contributed by atoms with Gasteiger partial charge in [-0.1, -0.05) is 6.92 Å². The predicted molar refractivity (Wildman–Crippen MR) is 35.3 cm³/mol. The second-order valence-electron chi connectivity index (χ2n) is 3.50. The van der Waals surface area contributed by atoms with Gasteiger partial charge in [0.2, 0.25) is 0 Å². The molecule has 0 amide bonds. The van der Waals surface area contributed by atoms with Crippen molar-refractivity contribution in [3.63, 3.8) is 0 Å². The van der Waals surface area contributed by atoms with Crippen molar-refractivity contribution in [2.24, 2.45) is 11.3 Å². The minimum absolute atomic E-state index is 0.472. The Kier molecular flexibility index (Phi) is 1.08. The van der Waals surface area contributed by atoms with Crippen molar-refractivity contribution >= 4 is 0 Å². The fraction of sp³-hybridized carbons (Fsp3) is 1.00. The van der Waals surface area contributed by atoms with Crippen molar-refractivity contribution in [3.8, 4) is 0 Å². The van der Waals surface area contributed by atoms with E-state index >= 15 is 0 Å². The molecule has 2 atom stereocenters. The summed E-state index contributed by atoms with van der Waals surface area (Å²) in [7, 11) is 0. The molecule has 2 aliphatic heterocycles. The zero-order chi connectivity index (χ0) is 6.32. The van der Waals surface area contributed by atoms with Crippen LogP contribution in [0.25, 0.3) is 0 Å². The number of hydrogen-bond donors (Lipinski definition) is 1. The van der Waals surface area contributed by atoms with Gasteiger partial charge < -0.3 is 10.1 Å². The van der Waals surface area contributed by atoms with Crippen molar-refractivity contribution in [1.29, 1.82) is 0 Å². The van der Waals surface area contributed by atoms with E-state index in [9.17, 15) is 0 Å². The topological polar surface area (TPSA) is 21.3 Å². The molecule has 0 radical (unpaired) electrons. The zero-order valence-corrected chi connectivity index (χ0v) is 5.81. The highest BCUT2D eigenvalue weighted by atomic mass is 16.5. The summed E-state index contributed by atoms with van der Waals surface area (Å²) in [5.74, 6) is 0.789. The second kappa shape index (κ2) is 1.70. The van der Waals surface area contributed by atoms with E-state index in [0.29, 0.717) is 5.41 Å². The van der Waals surface area contributed by atoms with Crippen molar-refractivity contribution in [3.05, 3.63) is 0 Å². The van der Waals surface area contributed by atoms with Crippen LogP contribution < -0.4 is 5.32 Å². The smallest absolute Gasteiger partial charge is 0.0536 e. The molecule has 2 fully saturated rings. The maximum atomic E-state index is 5.37. The van der Waals surface area contributed by atoms with Crippen molar-refractivity contribution in [2.75, 3.05) is 26.3 Å². The van der Waals surface area contributed by atoms with Gasteiger partial charge in [-0.2, -0.15) is 0 Å². The minimum atomic E-state index is 0.472. The lowest BCUT2D eigenvalue weighted by atomic mass is 9.84. The van der Waals surface area contributed by atoms with E-state index in [0.717, 1.165) is 32.2 Å². The molecule has 0 aliphatic carbocycles. The Balaban J connectivity index is 2.17. The number of nitrogens with one attached hydrogen (secondary N) is 1. The van der Waals surface area contributed by atoms with Gasteiger partial charge in [0.15, 0.2) is 0 Å². The van der Waals surface area contributed by atoms with Crippen LogP contribution >= 0.6 is 0 Å². The average Bonchev–Trinajstić information content (AvgIpc) is 2.22. The van der Waals surface area contributed by atoms with Crippen LogP contribution in [0.5, 0.6) is 0 Å². The molecule has 2 aliphatic rings. The molecule has 2 rings (SSSR count). The van der Waals surface area contributed by atoms with E-state index in [1.165, 1.54) is 0 Å². The molecule has 1 N–H and O–H groups in total. The number of hydrogen-bond acceptors (Lipinski definition) is 2. The third-order valence-electron chi connectivity index (χ3n) is 2.66. The van der Waals surface area contributed by atoms with Gasteiger partial charge in [-0.05, 0) is 0 Å². The molecule has 52 valence electrons. The highest BCUT2D eigenvalue weighted by Gasteiger charge is 2.43. The zero-order valence-electron chi connectivity index (χ0n) is 5.81. The maximum absolute atomic E-state index is 5.37. The Morgan fingerprint density at radius 3 is 3.33 bits per heavy atom. The van der Waals surface area contributed by atoms with Crippen molar-refractivity contribution < 1.29 is 4.74 Å². The number of rotatable bonds is 0. The summed E-state index contributed by atoms with van der Waals surface area (Å²) >= 11 is 0. The lowest BCUT2D eigenvalue weighted by molar-refractivity contribution is 0.158. The Morgan fingerprint density at radius 1 is 1.67 bits per heavy atom. The third-order valence-corrected chi connectivity index (χ3v) is 2.66. The summed E-state index contributed by atoms with van der Waals surface area (Å²) in [6, 6.07) is 0. The van der Waals surface area contributed by atoms with Crippen molar-refractivity contribution in [1.82, 2.24) is 5.32 Å². The lowest BCUT2D eigenvalue weighted by Gasteiger charge is -2.18. The molecule has 0 saturated carbocycles. The van der Waals surface area contributed by atoms with Gasteiger partial charge in [-0.25, -0.2) is 0 Å². The van der Waals surface area contributed by atoms with Crippen LogP contribution in [-0.4, -0.2) is 26.3 Å². The first-order valence-electron chi connectivity index (χ1n) is 3.60. The van der Waals surface area contributed by atoms with Crippen LogP contribution in [0.4, 0.5) is 0 Å². The molecule has 9 heavy (non-hydrogen) atoms. The molecule has 2 heterocycles. The number of ether oxygens (including phenoxy) is 1. The van der Waals surface area contributed by atoms with Crippen LogP contribution in [0.1, 0.15) is 6.92 Å². The van der Waals surface area contributed by atoms with Crippen molar-refractivity contribution in [2.45, 2.75) is 6.92 Å². The molecular formula is C7H13NO. The van der Waals surface area contributed by atoms with E-state index in [1.807, 2.05) is 0 Å². The Morgan fingerprint density at radius 2 is 2.56 bits per heavy atom. The summed E-state index contributed by atoms with van der Waals surface area (Å²) in [5.41, 5.74) is 0.472. The van der Waals surface area contributed by atoms with Gasteiger partial charge in [0.05, 0.1) is 13.2 Å². The summed E-state index contributed by atoms with van der Waals surface area (Å²) in [6.45, 7) is 6.56. The molecule has 0 spiro atoms. The first-order valence-corrected chi connectivity index (χ1v) is 3.60. The summed E-state index contributed by atoms with van der Waals surface area (Å²) in [4.78, 5) is 0. The molecule has 0 aromatic carbocycles.